The number of aromatic nitrogens is 2. The molecule has 0 bridgehead atoms. The number of aryl methyl sites for hydroxylation is 1. The molecule has 1 aliphatic heterocycles. The number of halogens is 3. The number of nitrogens with one attached hydrogen (secondary N) is 1. The number of rotatable bonds is 3. The van der Waals surface area contributed by atoms with Gasteiger partial charge in [0.2, 0.25) is 5.91 Å². The zero-order chi connectivity index (χ0) is 19.1. The van der Waals surface area contributed by atoms with Crippen LogP contribution in [-0.2, 0) is 17.6 Å². The highest BCUT2D eigenvalue weighted by Gasteiger charge is 2.30. The number of benzene rings is 1. The summed E-state index contributed by atoms with van der Waals surface area (Å²) in [5.41, 5.74) is 1.01. The Morgan fingerprint density at radius 3 is 2.81 bits per heavy atom. The Labute approximate surface area is 157 Å². The van der Waals surface area contributed by atoms with Gasteiger partial charge in [-0.05, 0) is 37.8 Å². The average Bonchev–Trinajstić information content (AvgIpc) is 3.05. The molecule has 0 saturated carbocycles. The van der Waals surface area contributed by atoms with Gasteiger partial charge in [-0.15, -0.1) is 0 Å². The summed E-state index contributed by atoms with van der Waals surface area (Å²) in [5.74, 6) is -4.49. The summed E-state index contributed by atoms with van der Waals surface area (Å²) in [6.45, 7) is 0. The number of hydrogen-bond acceptors (Lipinski definition) is 4. The number of fused-ring (bicyclic) bond motifs is 2. The minimum Gasteiger partial charge on any atom is -0.323 e. The summed E-state index contributed by atoms with van der Waals surface area (Å²) in [6.07, 6.45) is 3.35. The summed E-state index contributed by atoms with van der Waals surface area (Å²) >= 11 is 1.41. The monoisotopic (exact) mass is 395 g/mol. The molecule has 0 radical (unpaired) electrons. The van der Waals surface area contributed by atoms with E-state index in [1.807, 2.05) is 0 Å². The Morgan fingerprint density at radius 1 is 1.22 bits per heavy atom. The van der Waals surface area contributed by atoms with Crippen LogP contribution in [0.4, 0.5) is 18.9 Å². The van der Waals surface area contributed by atoms with Crippen LogP contribution in [0.2, 0.25) is 0 Å². The summed E-state index contributed by atoms with van der Waals surface area (Å²) in [7, 11) is 0. The molecule has 2 heterocycles. The second kappa shape index (κ2) is 7.03. The summed E-state index contributed by atoms with van der Waals surface area (Å²) in [4.78, 5) is 29.7. The van der Waals surface area contributed by atoms with Gasteiger partial charge in [0.05, 0.1) is 17.4 Å². The first-order valence-corrected chi connectivity index (χ1v) is 9.64. The van der Waals surface area contributed by atoms with Gasteiger partial charge in [0.15, 0.2) is 22.6 Å². The second-order valence-corrected chi connectivity index (χ2v) is 7.63. The minimum absolute atomic E-state index is 0.0845. The minimum atomic E-state index is -1.64. The maximum Gasteiger partial charge on any atom is 0.257 e. The Kier molecular flexibility index (Phi) is 4.71. The van der Waals surface area contributed by atoms with Crippen molar-refractivity contribution in [1.82, 2.24) is 9.55 Å². The lowest BCUT2D eigenvalue weighted by Gasteiger charge is -2.18. The van der Waals surface area contributed by atoms with Crippen LogP contribution < -0.4 is 10.9 Å². The summed E-state index contributed by atoms with van der Waals surface area (Å²) < 4.78 is 41.6. The van der Waals surface area contributed by atoms with E-state index in [0.717, 1.165) is 37.1 Å². The number of nitrogens with zero attached hydrogens (tertiary/aromatic N) is 2. The highest BCUT2D eigenvalue weighted by Crippen LogP contribution is 2.34. The fourth-order valence-electron chi connectivity index (χ4n) is 3.50. The maximum absolute atomic E-state index is 13.7. The molecule has 1 amide bonds. The van der Waals surface area contributed by atoms with E-state index in [1.54, 1.807) is 0 Å². The van der Waals surface area contributed by atoms with Gasteiger partial charge < -0.3 is 5.32 Å². The molecule has 1 N–H and O–H groups in total. The molecule has 4 rings (SSSR count). The van der Waals surface area contributed by atoms with Crippen molar-refractivity contribution in [2.24, 2.45) is 0 Å². The van der Waals surface area contributed by atoms with Crippen molar-refractivity contribution in [1.29, 1.82) is 0 Å². The lowest BCUT2D eigenvalue weighted by molar-refractivity contribution is -0.116. The first kappa shape index (κ1) is 18.1. The molecule has 1 aliphatic carbocycles. The van der Waals surface area contributed by atoms with E-state index in [9.17, 15) is 22.8 Å². The lowest BCUT2D eigenvalue weighted by atomic mass is 9.97. The van der Waals surface area contributed by atoms with Gasteiger partial charge >= 0.3 is 0 Å². The van der Waals surface area contributed by atoms with Gasteiger partial charge in [-0.25, -0.2) is 18.2 Å². The lowest BCUT2D eigenvalue weighted by Crippen LogP contribution is -2.32. The summed E-state index contributed by atoms with van der Waals surface area (Å²) in [6, 6.07) is 1.30. The summed E-state index contributed by atoms with van der Waals surface area (Å²) in [5, 5.41) is 2.85. The van der Waals surface area contributed by atoms with E-state index in [0.29, 0.717) is 22.9 Å². The first-order chi connectivity index (χ1) is 13.0. The fourth-order valence-corrected chi connectivity index (χ4v) is 4.66. The van der Waals surface area contributed by atoms with Crippen molar-refractivity contribution < 1.29 is 18.0 Å². The molecular weight excluding hydrogens is 379 g/mol. The number of thioether (sulfide) groups is 1. The quantitative estimate of drug-likeness (QED) is 0.640. The topological polar surface area (TPSA) is 64.0 Å². The third kappa shape index (κ3) is 3.24. The number of anilines is 1. The van der Waals surface area contributed by atoms with Gasteiger partial charge in [-0.2, -0.15) is 0 Å². The van der Waals surface area contributed by atoms with Crippen molar-refractivity contribution in [2.75, 3.05) is 11.1 Å². The van der Waals surface area contributed by atoms with Crippen LogP contribution in [0.5, 0.6) is 0 Å². The standard InChI is InChI=1S/C18H16F3N3O2S/c19-11-5-6-13(16(21)15(11)20)22-14(25)7-9-8-27-18-23-12-4-2-1-3-10(12)17(26)24(9)18/h5-6,9H,1-4,7-8H2,(H,22,25). The van der Waals surface area contributed by atoms with Crippen molar-refractivity contribution >= 4 is 23.4 Å². The molecule has 1 aromatic carbocycles. The molecule has 1 unspecified atom stereocenters. The van der Waals surface area contributed by atoms with E-state index in [-0.39, 0.29) is 12.0 Å². The van der Waals surface area contributed by atoms with Crippen LogP contribution in [0.1, 0.15) is 36.6 Å². The maximum atomic E-state index is 13.7. The highest BCUT2D eigenvalue weighted by molar-refractivity contribution is 7.99. The molecule has 2 aromatic rings. The average molecular weight is 395 g/mol. The Morgan fingerprint density at radius 2 is 2.00 bits per heavy atom. The van der Waals surface area contributed by atoms with Crippen LogP contribution in [0.15, 0.2) is 22.1 Å². The fraction of sp³-hybridized carbons (Fsp3) is 0.389. The van der Waals surface area contributed by atoms with Crippen molar-refractivity contribution in [3.63, 3.8) is 0 Å². The Balaban J connectivity index is 1.55. The van der Waals surface area contributed by atoms with E-state index < -0.39 is 35.1 Å². The normalized spacial score (nSPS) is 18.1. The first-order valence-electron chi connectivity index (χ1n) is 8.66. The van der Waals surface area contributed by atoms with E-state index in [4.69, 9.17) is 0 Å². The Bertz CT molecular complexity index is 993. The van der Waals surface area contributed by atoms with Crippen LogP contribution in [0.25, 0.3) is 0 Å². The molecule has 0 spiro atoms. The molecule has 0 fully saturated rings. The number of hydrogen-bond donors (Lipinski definition) is 1. The van der Waals surface area contributed by atoms with Crippen LogP contribution in [0.3, 0.4) is 0 Å². The molecule has 5 nitrogen and oxygen atoms in total. The number of carbonyl (C=O) groups excluding carboxylic acids is 1. The van der Waals surface area contributed by atoms with E-state index in [2.05, 4.69) is 10.3 Å². The zero-order valence-corrected chi connectivity index (χ0v) is 15.0. The molecule has 27 heavy (non-hydrogen) atoms. The highest BCUT2D eigenvalue weighted by atomic mass is 32.2. The number of carbonyl (C=O) groups is 1. The number of amides is 1. The van der Waals surface area contributed by atoms with Gasteiger partial charge in [-0.1, -0.05) is 11.8 Å². The van der Waals surface area contributed by atoms with Gasteiger partial charge in [-0.3, -0.25) is 14.2 Å². The molecule has 1 atom stereocenters. The Hall–Kier alpha value is -2.29. The van der Waals surface area contributed by atoms with Gasteiger partial charge in [0.1, 0.15) is 0 Å². The van der Waals surface area contributed by atoms with Crippen LogP contribution in [-0.4, -0.2) is 21.2 Å². The second-order valence-electron chi connectivity index (χ2n) is 6.64. The van der Waals surface area contributed by atoms with Crippen LogP contribution >= 0.6 is 11.8 Å². The molecule has 142 valence electrons. The van der Waals surface area contributed by atoms with Crippen molar-refractivity contribution in [3.8, 4) is 0 Å². The molecule has 9 heteroatoms. The third-order valence-electron chi connectivity index (χ3n) is 4.85. The molecule has 2 aliphatic rings. The predicted molar refractivity (Wildman–Crippen MR) is 94.5 cm³/mol. The predicted octanol–water partition coefficient (Wildman–Crippen LogP) is 3.22. The molecule has 1 aromatic heterocycles. The smallest absolute Gasteiger partial charge is 0.257 e. The van der Waals surface area contributed by atoms with Crippen molar-refractivity contribution in [3.05, 3.63) is 51.2 Å². The third-order valence-corrected chi connectivity index (χ3v) is 5.95. The van der Waals surface area contributed by atoms with Crippen LogP contribution in [0, 0.1) is 17.5 Å². The van der Waals surface area contributed by atoms with E-state index in [1.165, 1.54) is 16.3 Å². The SMILES string of the molecule is O=C(CC1CSc2nc3c(c(=O)n21)CCCC3)Nc1ccc(F)c(F)c1F. The largest absolute Gasteiger partial charge is 0.323 e. The van der Waals surface area contributed by atoms with Gasteiger partial charge in [0.25, 0.3) is 5.56 Å². The van der Waals surface area contributed by atoms with E-state index >= 15 is 0 Å². The van der Waals surface area contributed by atoms with Crippen molar-refractivity contribution in [2.45, 2.75) is 43.3 Å². The molecule has 0 saturated heterocycles. The zero-order valence-electron chi connectivity index (χ0n) is 14.2. The molecular formula is C18H16F3N3O2S. The van der Waals surface area contributed by atoms with Gasteiger partial charge in [0, 0.05) is 17.7 Å².